The van der Waals surface area contributed by atoms with Gasteiger partial charge in [-0.3, -0.25) is 4.79 Å². The molecule has 0 bridgehead atoms. The number of carboxylic acid groups (broad SMARTS) is 1. The van der Waals surface area contributed by atoms with E-state index in [2.05, 4.69) is 5.32 Å². The summed E-state index contributed by atoms with van der Waals surface area (Å²) in [5.41, 5.74) is 0. The van der Waals surface area contributed by atoms with Gasteiger partial charge in [-0.05, 0) is 12.8 Å². The Hall–Kier alpha value is -1.06. The molecule has 1 atom stereocenters. The van der Waals surface area contributed by atoms with Gasteiger partial charge in [0.25, 0.3) is 0 Å². The van der Waals surface area contributed by atoms with Crippen LogP contribution in [0.15, 0.2) is 0 Å². The van der Waals surface area contributed by atoms with Crippen LogP contribution in [0, 0.1) is 5.92 Å². The van der Waals surface area contributed by atoms with E-state index in [9.17, 15) is 9.59 Å². The molecule has 76 valence electrons. The predicted molar refractivity (Wildman–Crippen MR) is 49.3 cm³/mol. The number of carboxylic acids is 1. The van der Waals surface area contributed by atoms with E-state index in [1.54, 1.807) is 0 Å². The maximum atomic E-state index is 10.8. The standard InChI is InChI=1S/C9H17NO3/c1-4-7(5-2)6(3)10-8(11)9(12)13/h6-7H,4-5H2,1-3H3,(H,10,11)(H,12,13). The van der Waals surface area contributed by atoms with Crippen LogP contribution in [0.25, 0.3) is 0 Å². The largest absolute Gasteiger partial charge is 0.474 e. The zero-order chi connectivity index (χ0) is 10.4. The molecule has 13 heavy (non-hydrogen) atoms. The maximum absolute atomic E-state index is 10.8. The molecule has 0 radical (unpaired) electrons. The number of hydrogen-bond acceptors (Lipinski definition) is 2. The van der Waals surface area contributed by atoms with Gasteiger partial charge in [-0.1, -0.05) is 26.7 Å². The molecule has 0 aliphatic carbocycles. The Morgan fingerprint density at radius 2 is 1.77 bits per heavy atom. The first-order valence-corrected chi connectivity index (χ1v) is 4.56. The lowest BCUT2D eigenvalue weighted by Gasteiger charge is -2.21. The lowest BCUT2D eigenvalue weighted by Crippen LogP contribution is -2.41. The number of carbonyl (C=O) groups excluding carboxylic acids is 1. The molecular formula is C9H17NO3. The van der Waals surface area contributed by atoms with Crippen molar-refractivity contribution in [1.29, 1.82) is 0 Å². The minimum Gasteiger partial charge on any atom is -0.474 e. The summed E-state index contributed by atoms with van der Waals surface area (Å²) in [5, 5.41) is 10.8. The van der Waals surface area contributed by atoms with E-state index in [0.717, 1.165) is 12.8 Å². The number of amides is 1. The summed E-state index contributed by atoms with van der Waals surface area (Å²) >= 11 is 0. The molecule has 4 nitrogen and oxygen atoms in total. The predicted octanol–water partition coefficient (Wildman–Crippen LogP) is 1.01. The van der Waals surface area contributed by atoms with Crippen LogP contribution < -0.4 is 5.32 Å². The molecule has 0 aromatic heterocycles. The lowest BCUT2D eigenvalue weighted by atomic mass is 9.95. The first-order valence-electron chi connectivity index (χ1n) is 4.56. The van der Waals surface area contributed by atoms with Crippen LogP contribution in [-0.4, -0.2) is 23.0 Å². The highest BCUT2D eigenvalue weighted by atomic mass is 16.4. The van der Waals surface area contributed by atoms with E-state index in [0.29, 0.717) is 5.92 Å². The van der Waals surface area contributed by atoms with Crippen LogP contribution in [0.3, 0.4) is 0 Å². The second kappa shape index (κ2) is 5.56. The van der Waals surface area contributed by atoms with Crippen molar-refractivity contribution in [3.8, 4) is 0 Å². The molecule has 0 aromatic carbocycles. The van der Waals surface area contributed by atoms with E-state index in [-0.39, 0.29) is 6.04 Å². The summed E-state index contributed by atoms with van der Waals surface area (Å²) in [7, 11) is 0. The maximum Gasteiger partial charge on any atom is 0.394 e. The highest BCUT2D eigenvalue weighted by Crippen LogP contribution is 2.12. The minimum absolute atomic E-state index is 0.0707. The van der Waals surface area contributed by atoms with Crippen LogP contribution >= 0.6 is 0 Å². The Morgan fingerprint density at radius 1 is 1.31 bits per heavy atom. The van der Waals surface area contributed by atoms with E-state index < -0.39 is 11.9 Å². The zero-order valence-electron chi connectivity index (χ0n) is 8.33. The Kier molecular flexibility index (Phi) is 5.11. The molecule has 4 heteroatoms. The molecule has 1 amide bonds. The van der Waals surface area contributed by atoms with Gasteiger partial charge in [0.15, 0.2) is 0 Å². The van der Waals surface area contributed by atoms with Crippen LogP contribution in [0.5, 0.6) is 0 Å². The van der Waals surface area contributed by atoms with Crippen molar-refractivity contribution in [2.24, 2.45) is 5.92 Å². The molecule has 0 spiro atoms. The monoisotopic (exact) mass is 187 g/mol. The molecule has 0 heterocycles. The fourth-order valence-corrected chi connectivity index (χ4v) is 1.38. The first-order chi connectivity index (χ1) is 6.02. The van der Waals surface area contributed by atoms with Crippen molar-refractivity contribution >= 4 is 11.9 Å². The number of rotatable bonds is 4. The van der Waals surface area contributed by atoms with Gasteiger partial charge in [0, 0.05) is 6.04 Å². The molecule has 0 fully saturated rings. The van der Waals surface area contributed by atoms with Crippen LogP contribution in [0.4, 0.5) is 0 Å². The molecule has 2 N–H and O–H groups in total. The summed E-state index contributed by atoms with van der Waals surface area (Å²) in [4.78, 5) is 21.0. The molecular weight excluding hydrogens is 170 g/mol. The summed E-state index contributed by atoms with van der Waals surface area (Å²) in [5.74, 6) is -1.99. The molecule has 0 aliphatic heterocycles. The van der Waals surface area contributed by atoms with Gasteiger partial charge in [0.1, 0.15) is 0 Å². The normalized spacial score (nSPS) is 12.6. The fourth-order valence-electron chi connectivity index (χ4n) is 1.38. The Morgan fingerprint density at radius 3 is 2.08 bits per heavy atom. The van der Waals surface area contributed by atoms with E-state index in [4.69, 9.17) is 5.11 Å². The third-order valence-electron chi connectivity index (χ3n) is 2.31. The van der Waals surface area contributed by atoms with Gasteiger partial charge < -0.3 is 10.4 Å². The van der Waals surface area contributed by atoms with Gasteiger partial charge >= 0.3 is 11.9 Å². The number of carbonyl (C=O) groups is 2. The molecule has 0 aliphatic rings. The van der Waals surface area contributed by atoms with E-state index in [1.807, 2.05) is 20.8 Å². The fraction of sp³-hybridized carbons (Fsp3) is 0.778. The third-order valence-corrected chi connectivity index (χ3v) is 2.31. The minimum atomic E-state index is -1.42. The first kappa shape index (κ1) is 11.9. The summed E-state index contributed by atoms with van der Waals surface area (Å²) in [6.45, 7) is 5.88. The zero-order valence-corrected chi connectivity index (χ0v) is 8.33. The van der Waals surface area contributed by atoms with Gasteiger partial charge in [0.05, 0.1) is 0 Å². The molecule has 1 unspecified atom stereocenters. The van der Waals surface area contributed by atoms with Crippen molar-refractivity contribution < 1.29 is 14.7 Å². The summed E-state index contributed by atoms with van der Waals surface area (Å²) < 4.78 is 0. The van der Waals surface area contributed by atoms with E-state index in [1.165, 1.54) is 0 Å². The number of aliphatic carboxylic acids is 1. The smallest absolute Gasteiger partial charge is 0.394 e. The molecule has 0 rings (SSSR count). The Bertz CT molecular complexity index is 187. The average molecular weight is 187 g/mol. The second-order valence-electron chi connectivity index (χ2n) is 3.14. The van der Waals surface area contributed by atoms with E-state index >= 15 is 0 Å². The second-order valence-corrected chi connectivity index (χ2v) is 3.14. The van der Waals surface area contributed by atoms with Gasteiger partial charge in [-0.15, -0.1) is 0 Å². The average Bonchev–Trinajstić information content (AvgIpc) is 2.06. The quantitative estimate of drug-likeness (QED) is 0.645. The van der Waals surface area contributed by atoms with Crippen molar-refractivity contribution in [3.05, 3.63) is 0 Å². The molecule has 0 saturated carbocycles. The highest BCUT2D eigenvalue weighted by Gasteiger charge is 2.19. The van der Waals surface area contributed by atoms with Crippen molar-refractivity contribution in [3.63, 3.8) is 0 Å². The van der Waals surface area contributed by atoms with Crippen molar-refractivity contribution in [2.75, 3.05) is 0 Å². The lowest BCUT2D eigenvalue weighted by molar-refractivity contribution is -0.150. The highest BCUT2D eigenvalue weighted by molar-refractivity contribution is 6.31. The molecule has 0 saturated heterocycles. The summed E-state index contributed by atoms with van der Waals surface area (Å²) in [6, 6.07) is -0.0707. The van der Waals surface area contributed by atoms with Crippen LogP contribution in [0.2, 0.25) is 0 Å². The van der Waals surface area contributed by atoms with Gasteiger partial charge in [0.2, 0.25) is 0 Å². The molecule has 0 aromatic rings. The number of hydrogen-bond donors (Lipinski definition) is 2. The SMILES string of the molecule is CCC(CC)C(C)NC(=O)C(=O)O. The Labute approximate surface area is 78.3 Å². The van der Waals surface area contributed by atoms with Crippen molar-refractivity contribution in [2.45, 2.75) is 39.7 Å². The van der Waals surface area contributed by atoms with Crippen molar-refractivity contribution in [1.82, 2.24) is 5.32 Å². The third kappa shape index (κ3) is 3.92. The topological polar surface area (TPSA) is 66.4 Å². The van der Waals surface area contributed by atoms with Gasteiger partial charge in [-0.25, -0.2) is 4.79 Å². The van der Waals surface area contributed by atoms with Crippen LogP contribution in [-0.2, 0) is 9.59 Å². The van der Waals surface area contributed by atoms with Crippen LogP contribution in [0.1, 0.15) is 33.6 Å². The number of nitrogens with one attached hydrogen (secondary N) is 1. The summed E-state index contributed by atoms with van der Waals surface area (Å²) in [6.07, 6.45) is 1.88. The van der Waals surface area contributed by atoms with Gasteiger partial charge in [-0.2, -0.15) is 0 Å². The Balaban J connectivity index is 4.04.